The monoisotopic (exact) mass is 334 g/mol. The van der Waals surface area contributed by atoms with E-state index in [0.717, 1.165) is 0 Å². The largest absolute Gasteiger partial charge is 0.319 e. The Kier molecular flexibility index (Phi) is 3.80. The van der Waals surface area contributed by atoms with E-state index < -0.39 is 0 Å². The first kappa shape index (κ1) is 14.6. The average Bonchev–Trinajstić information content (AvgIpc) is 3.28. The molecule has 0 unspecified atom stereocenters. The van der Waals surface area contributed by atoms with E-state index in [1.165, 1.54) is 27.7 Å². The first-order chi connectivity index (χ1) is 11.8. The Morgan fingerprint density at radius 1 is 1.17 bits per heavy atom. The molecule has 2 heterocycles. The summed E-state index contributed by atoms with van der Waals surface area (Å²) in [6.07, 6.45) is 3.49. The average molecular weight is 334 g/mol. The number of thiazole rings is 1. The SMILES string of the molecule is O=C(N=c1sccn1Cc1cccc2ccccc12)c1ccn[nH]1. The molecule has 1 N–H and O–H groups in total. The number of fused-ring (bicyclic) bond motifs is 1. The van der Waals surface area contributed by atoms with Gasteiger partial charge >= 0.3 is 0 Å². The van der Waals surface area contributed by atoms with Crippen LogP contribution in [0.3, 0.4) is 0 Å². The highest BCUT2D eigenvalue weighted by molar-refractivity contribution is 7.07. The van der Waals surface area contributed by atoms with E-state index in [1.807, 2.05) is 28.3 Å². The molecule has 0 aliphatic heterocycles. The van der Waals surface area contributed by atoms with Gasteiger partial charge in [-0.25, -0.2) is 0 Å². The zero-order valence-corrected chi connectivity index (χ0v) is 13.5. The van der Waals surface area contributed by atoms with Crippen molar-refractivity contribution < 1.29 is 4.79 Å². The van der Waals surface area contributed by atoms with E-state index in [0.29, 0.717) is 17.0 Å². The summed E-state index contributed by atoms with van der Waals surface area (Å²) in [5, 5.41) is 10.8. The number of carbonyl (C=O) groups is 1. The van der Waals surface area contributed by atoms with Crippen LogP contribution in [0, 0.1) is 0 Å². The molecule has 0 aliphatic rings. The van der Waals surface area contributed by atoms with Gasteiger partial charge in [0.15, 0.2) is 4.80 Å². The van der Waals surface area contributed by atoms with Crippen molar-refractivity contribution in [2.24, 2.45) is 4.99 Å². The normalized spacial score (nSPS) is 11.9. The maximum atomic E-state index is 12.1. The first-order valence-corrected chi connectivity index (χ1v) is 8.38. The summed E-state index contributed by atoms with van der Waals surface area (Å²) < 4.78 is 1.99. The molecule has 0 bridgehead atoms. The lowest BCUT2D eigenvalue weighted by Gasteiger charge is -2.07. The maximum absolute atomic E-state index is 12.1. The van der Waals surface area contributed by atoms with Gasteiger partial charge in [0, 0.05) is 17.8 Å². The van der Waals surface area contributed by atoms with Crippen LogP contribution in [0.1, 0.15) is 16.1 Å². The van der Waals surface area contributed by atoms with Gasteiger partial charge in [0.25, 0.3) is 5.91 Å². The third-order valence-corrected chi connectivity index (χ3v) is 4.60. The van der Waals surface area contributed by atoms with E-state index in [2.05, 4.69) is 45.5 Å². The second kappa shape index (κ2) is 6.25. The molecule has 0 saturated heterocycles. The minimum Gasteiger partial charge on any atom is -0.319 e. The lowest BCUT2D eigenvalue weighted by molar-refractivity contribution is 0.0993. The highest BCUT2D eigenvalue weighted by Gasteiger charge is 2.07. The van der Waals surface area contributed by atoms with Crippen LogP contribution in [0.5, 0.6) is 0 Å². The van der Waals surface area contributed by atoms with Crippen molar-refractivity contribution in [2.75, 3.05) is 0 Å². The van der Waals surface area contributed by atoms with Gasteiger partial charge in [0.2, 0.25) is 0 Å². The second-order valence-electron chi connectivity index (χ2n) is 5.34. The fourth-order valence-electron chi connectivity index (χ4n) is 2.64. The molecular weight excluding hydrogens is 320 g/mol. The summed E-state index contributed by atoms with van der Waals surface area (Å²) in [5.41, 5.74) is 1.59. The molecule has 5 nitrogen and oxygen atoms in total. The molecule has 4 rings (SSSR count). The molecule has 0 fully saturated rings. The van der Waals surface area contributed by atoms with E-state index in [1.54, 1.807) is 12.3 Å². The molecule has 1 amide bonds. The molecule has 0 spiro atoms. The fraction of sp³-hybridized carbons (Fsp3) is 0.0556. The summed E-state index contributed by atoms with van der Waals surface area (Å²) in [6, 6.07) is 16.2. The summed E-state index contributed by atoms with van der Waals surface area (Å²) in [7, 11) is 0. The molecule has 0 aliphatic carbocycles. The van der Waals surface area contributed by atoms with Crippen molar-refractivity contribution in [3.63, 3.8) is 0 Å². The maximum Gasteiger partial charge on any atom is 0.297 e. The highest BCUT2D eigenvalue weighted by Crippen LogP contribution is 2.19. The number of carbonyl (C=O) groups excluding carboxylic acids is 1. The van der Waals surface area contributed by atoms with Gasteiger partial charge in [0.05, 0.1) is 6.54 Å². The molecule has 0 saturated carbocycles. The number of nitrogens with one attached hydrogen (secondary N) is 1. The van der Waals surface area contributed by atoms with Gasteiger partial charge in [0.1, 0.15) is 5.69 Å². The Labute approximate surface area is 141 Å². The van der Waals surface area contributed by atoms with Crippen LogP contribution in [-0.2, 0) is 6.54 Å². The summed E-state index contributed by atoms with van der Waals surface area (Å²) in [5.74, 6) is -0.318. The Morgan fingerprint density at radius 3 is 2.92 bits per heavy atom. The van der Waals surface area contributed by atoms with Crippen molar-refractivity contribution in [2.45, 2.75) is 6.54 Å². The standard InChI is InChI=1S/C18H14N4OS/c23-17(16-8-9-19-21-16)20-18-22(10-11-24-18)12-14-6-3-5-13-4-1-2-7-15(13)14/h1-11H,12H2,(H,19,21). The van der Waals surface area contributed by atoms with Crippen LogP contribution < -0.4 is 4.80 Å². The third kappa shape index (κ3) is 2.79. The predicted molar refractivity (Wildman–Crippen MR) is 93.8 cm³/mol. The van der Waals surface area contributed by atoms with Gasteiger partial charge in [-0.1, -0.05) is 42.5 Å². The van der Waals surface area contributed by atoms with Crippen LogP contribution in [0.2, 0.25) is 0 Å². The molecular formula is C18H14N4OS. The molecule has 0 radical (unpaired) electrons. The summed E-state index contributed by atoms with van der Waals surface area (Å²) in [6.45, 7) is 0.667. The number of H-pyrrole nitrogens is 1. The smallest absolute Gasteiger partial charge is 0.297 e. The lowest BCUT2D eigenvalue weighted by atomic mass is 10.0. The molecule has 6 heteroatoms. The number of hydrogen-bond donors (Lipinski definition) is 1. The number of rotatable bonds is 3. The van der Waals surface area contributed by atoms with Crippen molar-refractivity contribution >= 4 is 28.0 Å². The van der Waals surface area contributed by atoms with Gasteiger partial charge in [-0.3, -0.25) is 9.89 Å². The van der Waals surface area contributed by atoms with Crippen LogP contribution >= 0.6 is 11.3 Å². The van der Waals surface area contributed by atoms with E-state index >= 15 is 0 Å². The van der Waals surface area contributed by atoms with Crippen LogP contribution in [0.25, 0.3) is 10.8 Å². The third-order valence-electron chi connectivity index (χ3n) is 3.81. The number of amides is 1. The predicted octanol–water partition coefficient (Wildman–Crippen LogP) is 3.22. The van der Waals surface area contributed by atoms with Gasteiger partial charge in [-0.15, -0.1) is 11.3 Å². The molecule has 2 aromatic carbocycles. The van der Waals surface area contributed by atoms with Gasteiger partial charge in [-0.2, -0.15) is 10.1 Å². The molecule has 24 heavy (non-hydrogen) atoms. The highest BCUT2D eigenvalue weighted by atomic mass is 32.1. The molecule has 118 valence electrons. The van der Waals surface area contributed by atoms with Crippen molar-refractivity contribution in [1.82, 2.24) is 14.8 Å². The minimum absolute atomic E-state index is 0.318. The fourth-order valence-corrected chi connectivity index (χ4v) is 3.37. The Balaban J connectivity index is 1.71. The van der Waals surface area contributed by atoms with Gasteiger partial charge < -0.3 is 4.57 Å². The van der Waals surface area contributed by atoms with E-state index in [4.69, 9.17) is 0 Å². The number of hydrogen-bond acceptors (Lipinski definition) is 3. The van der Waals surface area contributed by atoms with Crippen molar-refractivity contribution in [1.29, 1.82) is 0 Å². The molecule has 0 atom stereocenters. The summed E-state index contributed by atoms with van der Waals surface area (Å²) in [4.78, 5) is 17.0. The first-order valence-electron chi connectivity index (χ1n) is 7.50. The van der Waals surface area contributed by atoms with Crippen molar-refractivity contribution in [3.05, 3.63) is 82.4 Å². The Hall–Kier alpha value is -2.99. The molecule has 2 aromatic heterocycles. The minimum atomic E-state index is -0.318. The van der Waals surface area contributed by atoms with Crippen LogP contribution in [0.15, 0.2) is 71.3 Å². The lowest BCUT2D eigenvalue weighted by Crippen LogP contribution is -2.17. The number of benzene rings is 2. The number of aromatic nitrogens is 3. The van der Waals surface area contributed by atoms with E-state index in [-0.39, 0.29) is 5.91 Å². The zero-order chi connectivity index (χ0) is 16.4. The zero-order valence-electron chi connectivity index (χ0n) is 12.7. The number of nitrogens with zero attached hydrogens (tertiary/aromatic N) is 3. The number of aromatic amines is 1. The quantitative estimate of drug-likeness (QED) is 0.625. The Bertz CT molecular complexity index is 1050. The topological polar surface area (TPSA) is 63.0 Å². The van der Waals surface area contributed by atoms with Gasteiger partial charge in [-0.05, 0) is 22.4 Å². The van der Waals surface area contributed by atoms with Crippen LogP contribution in [-0.4, -0.2) is 20.7 Å². The Morgan fingerprint density at radius 2 is 2.04 bits per heavy atom. The van der Waals surface area contributed by atoms with Crippen molar-refractivity contribution in [3.8, 4) is 0 Å². The van der Waals surface area contributed by atoms with E-state index in [9.17, 15) is 4.79 Å². The molecule has 4 aromatic rings. The second-order valence-corrected chi connectivity index (χ2v) is 6.21. The van der Waals surface area contributed by atoms with Crippen LogP contribution in [0.4, 0.5) is 0 Å². The summed E-state index contributed by atoms with van der Waals surface area (Å²) >= 11 is 1.44.